The molecule has 0 bridgehead atoms. The Morgan fingerprint density at radius 2 is 1.96 bits per heavy atom. The first-order chi connectivity index (χ1) is 13.3. The van der Waals surface area contributed by atoms with E-state index in [-0.39, 0.29) is 36.0 Å². The van der Waals surface area contributed by atoms with Gasteiger partial charge in [0.05, 0.1) is 6.42 Å². The molecule has 0 aromatic carbocycles. The smallest absolute Gasteiger partial charge is 0.254 e. The lowest BCUT2D eigenvalue weighted by Crippen LogP contribution is -2.55. The highest BCUT2D eigenvalue weighted by Crippen LogP contribution is 2.41. The van der Waals surface area contributed by atoms with E-state index < -0.39 is 5.91 Å². The van der Waals surface area contributed by atoms with Gasteiger partial charge >= 0.3 is 0 Å². The third-order valence-electron chi connectivity index (χ3n) is 6.73. The van der Waals surface area contributed by atoms with Crippen LogP contribution in [0.2, 0.25) is 0 Å². The number of piperidine rings is 2. The number of likely N-dealkylation sites (tertiary alicyclic amines) is 2. The fraction of sp³-hybridized carbons (Fsp3) is 0.714. The van der Waals surface area contributed by atoms with Crippen LogP contribution in [0.3, 0.4) is 0 Å². The van der Waals surface area contributed by atoms with Crippen molar-refractivity contribution in [3.8, 4) is 0 Å². The van der Waals surface area contributed by atoms with Crippen molar-refractivity contribution in [3.05, 3.63) is 11.1 Å². The predicted molar refractivity (Wildman–Crippen MR) is 102 cm³/mol. The van der Waals surface area contributed by atoms with E-state index in [0.717, 1.165) is 32.4 Å². The summed E-state index contributed by atoms with van der Waals surface area (Å²) >= 11 is 0. The maximum absolute atomic E-state index is 12.9. The Balaban J connectivity index is 1.42. The van der Waals surface area contributed by atoms with Crippen LogP contribution in [0, 0.1) is 11.3 Å². The van der Waals surface area contributed by atoms with Crippen LogP contribution in [-0.4, -0.2) is 59.6 Å². The quantitative estimate of drug-likeness (QED) is 0.739. The molecule has 28 heavy (non-hydrogen) atoms. The molecule has 1 saturated carbocycles. The van der Waals surface area contributed by atoms with Crippen LogP contribution in [0.4, 0.5) is 0 Å². The van der Waals surface area contributed by atoms with Gasteiger partial charge in [0.1, 0.15) is 0 Å². The maximum atomic E-state index is 12.9. The van der Waals surface area contributed by atoms with Gasteiger partial charge in [0.2, 0.25) is 17.7 Å². The minimum absolute atomic E-state index is 0.00900. The lowest BCUT2D eigenvalue weighted by molar-refractivity contribution is -0.143. The second kappa shape index (κ2) is 7.33. The third-order valence-corrected chi connectivity index (χ3v) is 6.73. The summed E-state index contributed by atoms with van der Waals surface area (Å²) in [5.41, 5.74) is 1.11. The second-order valence-corrected chi connectivity index (χ2v) is 9.13. The summed E-state index contributed by atoms with van der Waals surface area (Å²) in [6.45, 7) is 4.73. The first-order valence-corrected chi connectivity index (χ1v) is 10.4. The van der Waals surface area contributed by atoms with Crippen molar-refractivity contribution >= 4 is 23.6 Å². The molecule has 0 aromatic heterocycles. The summed E-state index contributed by atoms with van der Waals surface area (Å²) in [5.74, 6) is 0.127. The van der Waals surface area contributed by atoms with Gasteiger partial charge in [-0.25, -0.2) is 0 Å². The van der Waals surface area contributed by atoms with E-state index in [1.54, 1.807) is 6.92 Å². The van der Waals surface area contributed by atoms with Crippen LogP contribution < -0.4 is 5.32 Å². The van der Waals surface area contributed by atoms with Crippen molar-refractivity contribution in [2.45, 2.75) is 58.3 Å². The average Bonchev–Trinajstić information content (AvgIpc) is 3.45. The van der Waals surface area contributed by atoms with E-state index in [1.165, 1.54) is 12.8 Å². The van der Waals surface area contributed by atoms with E-state index in [4.69, 9.17) is 0 Å². The lowest BCUT2D eigenvalue weighted by atomic mass is 9.73. The fourth-order valence-corrected chi connectivity index (χ4v) is 4.92. The molecule has 7 heteroatoms. The minimum atomic E-state index is -0.437. The molecule has 1 atom stereocenters. The average molecular weight is 387 g/mol. The molecule has 1 unspecified atom stereocenters. The van der Waals surface area contributed by atoms with Crippen molar-refractivity contribution in [1.82, 2.24) is 15.1 Å². The zero-order chi connectivity index (χ0) is 19.9. The van der Waals surface area contributed by atoms with Crippen molar-refractivity contribution < 1.29 is 19.2 Å². The van der Waals surface area contributed by atoms with Crippen LogP contribution in [0.5, 0.6) is 0 Å². The Bertz CT molecular complexity index is 755. The van der Waals surface area contributed by atoms with E-state index in [2.05, 4.69) is 5.32 Å². The molecular weight excluding hydrogens is 358 g/mol. The van der Waals surface area contributed by atoms with Crippen LogP contribution in [-0.2, 0) is 19.2 Å². The molecule has 0 aromatic rings. The topological polar surface area (TPSA) is 86.8 Å². The van der Waals surface area contributed by atoms with Crippen LogP contribution in [0.1, 0.15) is 58.3 Å². The summed E-state index contributed by atoms with van der Waals surface area (Å²) in [7, 11) is 0. The lowest BCUT2D eigenvalue weighted by Gasteiger charge is -2.48. The third kappa shape index (κ3) is 3.98. The van der Waals surface area contributed by atoms with Gasteiger partial charge in [0.15, 0.2) is 0 Å². The number of imide groups is 1. The molecule has 4 aliphatic rings. The second-order valence-electron chi connectivity index (χ2n) is 9.13. The minimum Gasteiger partial charge on any atom is -0.342 e. The maximum Gasteiger partial charge on any atom is 0.254 e. The van der Waals surface area contributed by atoms with Crippen LogP contribution in [0.15, 0.2) is 11.1 Å². The van der Waals surface area contributed by atoms with Crippen LogP contribution in [0.25, 0.3) is 0 Å². The molecule has 152 valence electrons. The summed E-state index contributed by atoms with van der Waals surface area (Å²) in [6.07, 6.45) is 6.06. The number of hydrogen-bond donors (Lipinski definition) is 1. The molecule has 7 nitrogen and oxygen atoms in total. The number of nitrogens with one attached hydrogen (secondary N) is 1. The Labute approximate surface area is 165 Å². The number of carbonyl (C=O) groups excluding carboxylic acids is 4. The zero-order valence-corrected chi connectivity index (χ0v) is 16.6. The van der Waals surface area contributed by atoms with Crippen molar-refractivity contribution in [2.75, 3.05) is 26.2 Å². The number of nitrogens with zero attached hydrogens (tertiary/aromatic N) is 2. The highest BCUT2D eigenvalue weighted by atomic mass is 16.2. The highest BCUT2D eigenvalue weighted by molar-refractivity contribution is 6.10. The molecule has 3 aliphatic heterocycles. The first-order valence-electron chi connectivity index (χ1n) is 10.4. The Morgan fingerprint density at radius 3 is 2.68 bits per heavy atom. The van der Waals surface area contributed by atoms with Gasteiger partial charge in [-0.1, -0.05) is 5.57 Å². The number of hydrogen-bond acceptors (Lipinski definition) is 4. The monoisotopic (exact) mass is 387 g/mol. The zero-order valence-electron chi connectivity index (χ0n) is 16.6. The van der Waals surface area contributed by atoms with Gasteiger partial charge in [-0.3, -0.25) is 24.5 Å². The number of rotatable bonds is 4. The molecule has 2 saturated heterocycles. The van der Waals surface area contributed by atoms with Gasteiger partial charge in [-0.2, -0.15) is 0 Å². The molecular formula is C21H29N3O4. The van der Waals surface area contributed by atoms with Gasteiger partial charge in [-0.15, -0.1) is 0 Å². The first kappa shape index (κ1) is 19.2. The summed E-state index contributed by atoms with van der Waals surface area (Å²) in [4.78, 5) is 52.8. The summed E-state index contributed by atoms with van der Waals surface area (Å²) in [6, 6.07) is 0. The largest absolute Gasteiger partial charge is 0.342 e. The molecule has 4 amide bonds. The van der Waals surface area contributed by atoms with E-state index in [9.17, 15) is 19.2 Å². The van der Waals surface area contributed by atoms with Crippen molar-refractivity contribution in [2.24, 2.45) is 11.3 Å². The van der Waals surface area contributed by atoms with E-state index in [0.29, 0.717) is 36.6 Å². The molecule has 4 rings (SSSR count). The molecule has 1 aliphatic carbocycles. The Morgan fingerprint density at radius 1 is 1.18 bits per heavy atom. The van der Waals surface area contributed by atoms with Gasteiger partial charge < -0.3 is 9.80 Å². The van der Waals surface area contributed by atoms with Gasteiger partial charge in [0, 0.05) is 50.0 Å². The molecule has 3 heterocycles. The molecule has 1 spiro atoms. The van der Waals surface area contributed by atoms with E-state index in [1.807, 2.05) is 9.80 Å². The standard InChI is InChI=1S/C21H29N3O4/c1-14-9-17(25)22-20(28)16(14)10-19(27)23-8-2-6-21(12-23)7-5-18(26)24(13-21)11-15-3-4-15/h15H,2-13H2,1H3,(H,22,25,28). The molecule has 3 fully saturated rings. The number of amides is 4. The predicted octanol–water partition coefficient (Wildman–Crippen LogP) is 1.38. The summed E-state index contributed by atoms with van der Waals surface area (Å²) < 4.78 is 0. The number of carbonyl (C=O) groups is 4. The fourth-order valence-electron chi connectivity index (χ4n) is 4.92. The normalized spacial score (nSPS) is 28.8. The van der Waals surface area contributed by atoms with Crippen molar-refractivity contribution in [3.63, 3.8) is 0 Å². The highest BCUT2D eigenvalue weighted by Gasteiger charge is 2.44. The van der Waals surface area contributed by atoms with Gasteiger partial charge in [0.25, 0.3) is 5.91 Å². The Hall–Kier alpha value is -2.18. The summed E-state index contributed by atoms with van der Waals surface area (Å²) in [5, 5.41) is 2.31. The van der Waals surface area contributed by atoms with Crippen molar-refractivity contribution in [1.29, 1.82) is 0 Å². The van der Waals surface area contributed by atoms with Gasteiger partial charge in [-0.05, 0) is 44.9 Å². The van der Waals surface area contributed by atoms with Crippen LogP contribution >= 0.6 is 0 Å². The molecule has 1 N–H and O–H groups in total. The van der Waals surface area contributed by atoms with E-state index >= 15 is 0 Å². The molecule has 0 radical (unpaired) electrons. The SMILES string of the molecule is CC1=C(CC(=O)N2CCCC3(CCC(=O)N(CC4CC4)C3)C2)C(=O)NC(=O)C1. The Kier molecular flexibility index (Phi) is 5.02.